The monoisotopic (exact) mass is 267 g/mol. The first-order chi connectivity index (χ1) is 9.15. The van der Waals surface area contributed by atoms with E-state index in [-0.39, 0.29) is 6.61 Å². The van der Waals surface area contributed by atoms with Crippen LogP contribution in [0.1, 0.15) is 18.9 Å². The molecular weight excluding hydrogens is 242 g/mol. The van der Waals surface area contributed by atoms with Crippen molar-refractivity contribution >= 4 is 0 Å². The number of aliphatic hydroxyl groups excluding tert-OH is 1. The van der Waals surface area contributed by atoms with Gasteiger partial charge in [-0.2, -0.15) is 0 Å². The molecule has 2 atom stereocenters. The molecule has 0 fully saturated rings. The maximum absolute atomic E-state index is 9.48. The first-order valence-corrected chi connectivity index (χ1v) is 6.71. The lowest BCUT2D eigenvalue weighted by molar-refractivity contribution is 0.0325. The fraction of sp³-hybridized carbons (Fsp3) is 0.600. The Labute approximate surface area is 115 Å². The molecule has 0 aliphatic carbocycles. The molecule has 0 spiro atoms. The molecule has 4 nitrogen and oxygen atoms in total. The van der Waals surface area contributed by atoms with Crippen molar-refractivity contribution < 1.29 is 14.6 Å². The van der Waals surface area contributed by atoms with E-state index in [0.717, 1.165) is 18.6 Å². The van der Waals surface area contributed by atoms with Gasteiger partial charge in [-0.25, -0.2) is 0 Å². The topological polar surface area (TPSA) is 50.7 Å². The standard InChI is InChI=1S/C15H25NO3/c1-12(16-2)4-5-13-6-8-15(9-7-13)19-11-14(17)10-18-3/h6-9,12,14,16-17H,4-5,10-11H2,1-3H3. The normalized spacial score (nSPS) is 14.1. The van der Waals surface area contributed by atoms with E-state index in [1.165, 1.54) is 5.56 Å². The van der Waals surface area contributed by atoms with Gasteiger partial charge in [0, 0.05) is 13.2 Å². The molecule has 2 N–H and O–H groups in total. The fourth-order valence-corrected chi connectivity index (χ4v) is 1.71. The van der Waals surface area contributed by atoms with Crippen LogP contribution < -0.4 is 10.1 Å². The van der Waals surface area contributed by atoms with Crippen LogP contribution in [0.2, 0.25) is 0 Å². The van der Waals surface area contributed by atoms with E-state index in [1.807, 2.05) is 19.2 Å². The van der Waals surface area contributed by atoms with E-state index < -0.39 is 6.10 Å². The first-order valence-electron chi connectivity index (χ1n) is 6.71. The van der Waals surface area contributed by atoms with Crippen molar-refractivity contribution in [2.45, 2.75) is 31.9 Å². The summed E-state index contributed by atoms with van der Waals surface area (Å²) in [6.07, 6.45) is 1.58. The molecule has 0 aliphatic heterocycles. The van der Waals surface area contributed by atoms with Crippen LogP contribution in [0.4, 0.5) is 0 Å². The molecule has 0 heterocycles. The largest absolute Gasteiger partial charge is 0.491 e. The molecule has 0 bridgehead atoms. The van der Waals surface area contributed by atoms with Crippen LogP contribution in [0.15, 0.2) is 24.3 Å². The summed E-state index contributed by atoms with van der Waals surface area (Å²) in [4.78, 5) is 0. The second-order valence-electron chi connectivity index (χ2n) is 4.79. The third-order valence-corrected chi connectivity index (χ3v) is 3.08. The van der Waals surface area contributed by atoms with Gasteiger partial charge >= 0.3 is 0 Å². The predicted molar refractivity (Wildman–Crippen MR) is 76.7 cm³/mol. The zero-order valence-corrected chi connectivity index (χ0v) is 12.1. The highest BCUT2D eigenvalue weighted by Crippen LogP contribution is 2.14. The Balaban J connectivity index is 2.34. The van der Waals surface area contributed by atoms with Crippen molar-refractivity contribution in [3.8, 4) is 5.75 Å². The van der Waals surface area contributed by atoms with Gasteiger partial charge in [0.1, 0.15) is 18.5 Å². The number of benzene rings is 1. The van der Waals surface area contributed by atoms with Crippen LogP contribution in [-0.2, 0) is 11.2 Å². The Morgan fingerprint density at radius 1 is 1.21 bits per heavy atom. The molecule has 1 aromatic carbocycles. The Morgan fingerprint density at radius 2 is 1.89 bits per heavy atom. The molecule has 2 unspecified atom stereocenters. The van der Waals surface area contributed by atoms with E-state index in [9.17, 15) is 5.11 Å². The van der Waals surface area contributed by atoms with Crippen molar-refractivity contribution in [3.63, 3.8) is 0 Å². The highest BCUT2D eigenvalue weighted by atomic mass is 16.5. The number of ether oxygens (including phenoxy) is 2. The smallest absolute Gasteiger partial charge is 0.119 e. The van der Waals surface area contributed by atoms with Crippen molar-refractivity contribution in [2.24, 2.45) is 0 Å². The highest BCUT2D eigenvalue weighted by Gasteiger charge is 2.04. The molecule has 0 aromatic heterocycles. The van der Waals surface area contributed by atoms with Crippen molar-refractivity contribution in [1.29, 1.82) is 0 Å². The van der Waals surface area contributed by atoms with Crippen LogP contribution in [0, 0.1) is 0 Å². The third kappa shape index (κ3) is 6.57. The second kappa shape index (κ2) is 8.91. The van der Waals surface area contributed by atoms with Crippen LogP contribution in [0.3, 0.4) is 0 Å². The molecular formula is C15H25NO3. The van der Waals surface area contributed by atoms with Gasteiger partial charge in [-0.05, 0) is 44.5 Å². The third-order valence-electron chi connectivity index (χ3n) is 3.08. The molecule has 1 rings (SSSR count). The molecule has 19 heavy (non-hydrogen) atoms. The van der Waals surface area contributed by atoms with Crippen LogP contribution in [0.5, 0.6) is 5.75 Å². The van der Waals surface area contributed by atoms with Crippen molar-refractivity contribution in [3.05, 3.63) is 29.8 Å². The summed E-state index contributed by atoms with van der Waals surface area (Å²) < 4.78 is 10.3. The van der Waals surface area contributed by atoms with E-state index in [1.54, 1.807) is 7.11 Å². The van der Waals surface area contributed by atoms with E-state index >= 15 is 0 Å². The van der Waals surface area contributed by atoms with E-state index in [0.29, 0.717) is 12.6 Å². The minimum absolute atomic E-state index is 0.254. The van der Waals surface area contributed by atoms with Gasteiger partial charge in [-0.15, -0.1) is 0 Å². The van der Waals surface area contributed by atoms with Gasteiger partial charge in [-0.3, -0.25) is 0 Å². The molecule has 1 aromatic rings. The highest BCUT2D eigenvalue weighted by molar-refractivity contribution is 5.27. The second-order valence-corrected chi connectivity index (χ2v) is 4.79. The summed E-state index contributed by atoms with van der Waals surface area (Å²) in [5, 5.41) is 12.7. The van der Waals surface area contributed by atoms with Crippen molar-refractivity contribution in [1.82, 2.24) is 5.32 Å². The average molecular weight is 267 g/mol. The Hall–Kier alpha value is -1.10. The summed E-state index contributed by atoms with van der Waals surface area (Å²) in [5.74, 6) is 0.778. The Morgan fingerprint density at radius 3 is 2.47 bits per heavy atom. The maximum atomic E-state index is 9.48. The van der Waals surface area contributed by atoms with Gasteiger partial charge in [-0.1, -0.05) is 12.1 Å². The zero-order valence-electron chi connectivity index (χ0n) is 12.1. The van der Waals surface area contributed by atoms with Gasteiger partial charge in [0.2, 0.25) is 0 Å². The zero-order chi connectivity index (χ0) is 14.1. The van der Waals surface area contributed by atoms with Crippen molar-refractivity contribution in [2.75, 3.05) is 27.4 Å². The summed E-state index contributed by atoms with van der Waals surface area (Å²) in [6, 6.07) is 8.55. The lowest BCUT2D eigenvalue weighted by atomic mass is 10.1. The number of hydrogen-bond acceptors (Lipinski definition) is 4. The molecule has 0 saturated heterocycles. The lowest BCUT2D eigenvalue weighted by Crippen LogP contribution is -2.22. The van der Waals surface area contributed by atoms with Gasteiger partial charge in [0.05, 0.1) is 6.61 Å². The SMILES string of the molecule is CNC(C)CCc1ccc(OCC(O)COC)cc1. The molecule has 0 radical (unpaired) electrons. The Bertz CT molecular complexity index is 340. The van der Waals surface area contributed by atoms with Crippen LogP contribution >= 0.6 is 0 Å². The number of hydrogen-bond donors (Lipinski definition) is 2. The number of methoxy groups -OCH3 is 1. The van der Waals surface area contributed by atoms with Crippen LogP contribution in [-0.4, -0.2) is 44.6 Å². The molecule has 4 heteroatoms. The minimum atomic E-state index is -0.582. The fourth-order valence-electron chi connectivity index (χ4n) is 1.71. The summed E-state index contributed by atoms with van der Waals surface area (Å²) in [6.45, 7) is 2.72. The van der Waals surface area contributed by atoms with E-state index in [4.69, 9.17) is 9.47 Å². The van der Waals surface area contributed by atoms with Gasteiger partial charge in [0.15, 0.2) is 0 Å². The minimum Gasteiger partial charge on any atom is -0.491 e. The summed E-state index contributed by atoms with van der Waals surface area (Å²) in [5.41, 5.74) is 1.30. The lowest BCUT2D eigenvalue weighted by Gasteiger charge is -2.12. The van der Waals surface area contributed by atoms with E-state index in [2.05, 4.69) is 24.4 Å². The van der Waals surface area contributed by atoms with Crippen LogP contribution in [0.25, 0.3) is 0 Å². The molecule has 0 aliphatic rings. The number of aryl methyl sites for hydroxylation is 1. The Kier molecular flexibility index (Phi) is 7.48. The number of rotatable bonds is 9. The maximum Gasteiger partial charge on any atom is 0.119 e. The quantitative estimate of drug-likeness (QED) is 0.714. The van der Waals surface area contributed by atoms with Gasteiger partial charge in [0.25, 0.3) is 0 Å². The van der Waals surface area contributed by atoms with Gasteiger partial charge < -0.3 is 19.9 Å². The average Bonchev–Trinajstić information content (AvgIpc) is 2.44. The summed E-state index contributed by atoms with van der Waals surface area (Å²) in [7, 11) is 3.54. The predicted octanol–water partition coefficient (Wildman–Crippen LogP) is 1.61. The number of nitrogens with one attached hydrogen (secondary N) is 1. The number of aliphatic hydroxyl groups is 1. The molecule has 0 amide bonds. The molecule has 0 saturated carbocycles. The molecule has 108 valence electrons. The summed E-state index contributed by atoms with van der Waals surface area (Å²) >= 11 is 0. The first kappa shape index (κ1) is 16.0.